The molecular weight excluding hydrogens is 488 g/mol. The zero-order valence-corrected chi connectivity index (χ0v) is 22.4. The molecule has 11 heteroatoms. The molecule has 37 heavy (non-hydrogen) atoms. The van der Waals surface area contributed by atoms with Gasteiger partial charge in [-0.05, 0) is 38.3 Å². The number of carbonyl (C=O) groups excluding carboxylic acids is 3. The molecule has 0 aliphatic heterocycles. The highest BCUT2D eigenvalue weighted by atomic mass is 16.6. The van der Waals surface area contributed by atoms with Gasteiger partial charge in [0.15, 0.2) is 12.2 Å². The van der Waals surface area contributed by atoms with Crippen LogP contribution in [0.5, 0.6) is 0 Å². The van der Waals surface area contributed by atoms with Crippen LogP contribution < -0.4 is 0 Å². The van der Waals surface area contributed by atoms with Gasteiger partial charge in [-0.1, -0.05) is 6.92 Å². The van der Waals surface area contributed by atoms with Gasteiger partial charge in [0.2, 0.25) is 0 Å². The van der Waals surface area contributed by atoms with Crippen molar-refractivity contribution in [1.29, 1.82) is 0 Å². The van der Waals surface area contributed by atoms with E-state index in [0.29, 0.717) is 5.57 Å². The van der Waals surface area contributed by atoms with E-state index in [0.717, 1.165) is 13.8 Å². The van der Waals surface area contributed by atoms with E-state index in [1.165, 1.54) is 20.8 Å². The van der Waals surface area contributed by atoms with Crippen molar-refractivity contribution >= 4 is 17.9 Å². The summed E-state index contributed by atoms with van der Waals surface area (Å²) in [6.07, 6.45) is -8.14. The van der Waals surface area contributed by atoms with Gasteiger partial charge in [0.1, 0.15) is 6.10 Å². The van der Waals surface area contributed by atoms with Gasteiger partial charge in [0, 0.05) is 45.6 Å². The lowest BCUT2D eigenvalue weighted by Gasteiger charge is -2.57. The fourth-order valence-corrected chi connectivity index (χ4v) is 7.37. The molecule has 0 spiro atoms. The molecule has 11 nitrogen and oxygen atoms in total. The Bertz CT molecular complexity index is 968. The maximum absolute atomic E-state index is 12.5. The molecule has 3 rings (SSSR count). The van der Waals surface area contributed by atoms with E-state index in [9.17, 15) is 39.9 Å². The Hall–Kier alpha value is -2.05. The zero-order valence-electron chi connectivity index (χ0n) is 22.4. The Morgan fingerprint density at radius 1 is 1.00 bits per heavy atom. The number of hydrogen-bond acceptors (Lipinski definition) is 11. The summed E-state index contributed by atoms with van der Waals surface area (Å²) < 4.78 is 17.2. The number of esters is 3. The highest BCUT2D eigenvalue weighted by Crippen LogP contribution is 2.65. The number of fused-ring (bicyclic) bond motifs is 2. The van der Waals surface area contributed by atoms with Gasteiger partial charge in [-0.2, -0.15) is 0 Å². The summed E-state index contributed by atoms with van der Waals surface area (Å²) in [5, 5.41) is 56.3. The Morgan fingerprint density at radius 2 is 1.54 bits per heavy atom. The Labute approximate surface area is 216 Å². The minimum atomic E-state index is -1.73. The van der Waals surface area contributed by atoms with Crippen molar-refractivity contribution in [3.63, 3.8) is 0 Å². The molecule has 0 heterocycles. The van der Waals surface area contributed by atoms with E-state index in [1.54, 1.807) is 13.8 Å². The van der Waals surface area contributed by atoms with Crippen molar-refractivity contribution in [3.05, 3.63) is 11.1 Å². The van der Waals surface area contributed by atoms with Gasteiger partial charge < -0.3 is 39.7 Å². The predicted molar refractivity (Wildman–Crippen MR) is 128 cm³/mol. The zero-order chi connectivity index (χ0) is 28.2. The third-order valence-corrected chi connectivity index (χ3v) is 8.96. The first-order valence-corrected chi connectivity index (χ1v) is 12.5. The number of rotatable bonds is 5. The van der Waals surface area contributed by atoms with E-state index in [-0.39, 0.29) is 18.4 Å². The van der Waals surface area contributed by atoms with E-state index >= 15 is 0 Å². The van der Waals surface area contributed by atoms with Crippen molar-refractivity contribution in [2.75, 3.05) is 6.61 Å². The van der Waals surface area contributed by atoms with Gasteiger partial charge >= 0.3 is 17.9 Å². The molecule has 2 fully saturated rings. The molecule has 3 aliphatic carbocycles. The summed E-state index contributed by atoms with van der Waals surface area (Å²) in [5.74, 6) is -4.33. The Morgan fingerprint density at radius 3 is 2.00 bits per heavy atom. The van der Waals surface area contributed by atoms with Crippen LogP contribution in [0.25, 0.3) is 0 Å². The average molecular weight is 529 g/mol. The summed E-state index contributed by atoms with van der Waals surface area (Å²) in [4.78, 5) is 37.1. The molecule has 0 saturated heterocycles. The molecule has 0 bridgehead atoms. The van der Waals surface area contributed by atoms with Crippen LogP contribution in [0.3, 0.4) is 0 Å². The molecule has 10 atom stereocenters. The molecule has 2 saturated carbocycles. The van der Waals surface area contributed by atoms with Crippen LogP contribution in [0.2, 0.25) is 0 Å². The van der Waals surface area contributed by atoms with E-state index < -0.39 is 89.4 Å². The van der Waals surface area contributed by atoms with E-state index in [4.69, 9.17) is 14.2 Å². The number of hydrogen-bond donors (Lipinski definition) is 5. The summed E-state index contributed by atoms with van der Waals surface area (Å²) in [6.45, 7) is 8.98. The largest absolute Gasteiger partial charge is 0.462 e. The van der Waals surface area contributed by atoms with Crippen LogP contribution in [0.4, 0.5) is 0 Å². The molecular formula is C26H40O11. The minimum Gasteiger partial charge on any atom is -0.462 e. The van der Waals surface area contributed by atoms with Crippen LogP contribution in [-0.4, -0.2) is 92.3 Å². The molecule has 3 aliphatic rings. The van der Waals surface area contributed by atoms with Crippen LogP contribution in [0.15, 0.2) is 11.1 Å². The van der Waals surface area contributed by atoms with Crippen LogP contribution in [-0.2, 0) is 28.6 Å². The summed E-state index contributed by atoms with van der Waals surface area (Å²) >= 11 is 0. The lowest BCUT2D eigenvalue weighted by molar-refractivity contribution is -0.240. The van der Waals surface area contributed by atoms with Crippen molar-refractivity contribution in [3.8, 4) is 0 Å². The third kappa shape index (κ3) is 4.48. The summed E-state index contributed by atoms with van der Waals surface area (Å²) in [6, 6.07) is 0. The Balaban J connectivity index is 2.50. The van der Waals surface area contributed by atoms with Gasteiger partial charge in [-0.15, -0.1) is 0 Å². The third-order valence-electron chi connectivity index (χ3n) is 8.96. The molecule has 0 amide bonds. The van der Waals surface area contributed by atoms with Crippen LogP contribution in [0, 0.1) is 22.7 Å². The monoisotopic (exact) mass is 528 g/mol. The molecule has 0 aromatic rings. The lowest BCUT2D eigenvalue weighted by Crippen LogP contribution is -2.66. The Kier molecular flexibility index (Phi) is 7.91. The van der Waals surface area contributed by atoms with Gasteiger partial charge in [-0.3, -0.25) is 14.4 Å². The average Bonchev–Trinajstić information content (AvgIpc) is 3.00. The first-order chi connectivity index (χ1) is 16.9. The standard InChI is InChI=1S/C26H40O11/c1-11-17(32)9-26(24(5,6)34)19(11)21(36-13(3)29)23(37-14(4)30)25(7)18(35-12(2)28)8-16(31)15(10-27)20(25)22(26)33/h15-18,20-23,27,31-34H,8-10H2,1-7H3. The number of ether oxygens (including phenoxy) is 3. The second kappa shape index (κ2) is 9.92. The maximum atomic E-state index is 12.5. The summed E-state index contributed by atoms with van der Waals surface area (Å²) in [7, 11) is 0. The first kappa shape index (κ1) is 29.5. The van der Waals surface area contributed by atoms with Gasteiger partial charge in [0.05, 0.1) is 34.7 Å². The van der Waals surface area contributed by atoms with Crippen molar-refractivity contribution in [2.24, 2.45) is 22.7 Å². The van der Waals surface area contributed by atoms with Crippen LogP contribution >= 0.6 is 0 Å². The second-order valence-corrected chi connectivity index (χ2v) is 11.5. The van der Waals surface area contributed by atoms with Crippen molar-refractivity contribution in [2.45, 2.75) is 104 Å². The maximum Gasteiger partial charge on any atom is 0.303 e. The molecule has 5 N–H and O–H groups in total. The number of aliphatic hydroxyl groups excluding tert-OH is 4. The van der Waals surface area contributed by atoms with Gasteiger partial charge in [0.25, 0.3) is 0 Å². The molecule has 210 valence electrons. The summed E-state index contributed by atoms with van der Waals surface area (Å²) in [5.41, 5.74) is -4.36. The molecule has 10 unspecified atom stereocenters. The smallest absolute Gasteiger partial charge is 0.303 e. The lowest BCUT2D eigenvalue weighted by atomic mass is 9.52. The SMILES string of the molecule is CC(=O)OC1C2=C(C)C(O)CC2(C(C)(C)O)C(O)C2C(CO)C(O)CC(OC(C)=O)C2(C)C1OC(C)=O. The van der Waals surface area contributed by atoms with Crippen molar-refractivity contribution in [1.82, 2.24) is 0 Å². The van der Waals surface area contributed by atoms with E-state index in [1.807, 2.05) is 0 Å². The normalized spacial score (nSPS) is 41.8. The second-order valence-electron chi connectivity index (χ2n) is 11.5. The predicted octanol–water partition coefficient (Wildman–Crippen LogP) is -0.01000. The molecule has 0 aromatic carbocycles. The van der Waals surface area contributed by atoms with E-state index in [2.05, 4.69) is 0 Å². The first-order valence-electron chi connectivity index (χ1n) is 12.5. The van der Waals surface area contributed by atoms with Crippen LogP contribution in [0.1, 0.15) is 61.3 Å². The quantitative estimate of drug-likeness (QED) is 0.184. The fraction of sp³-hybridized carbons (Fsp3) is 0.808. The minimum absolute atomic E-state index is 0.148. The van der Waals surface area contributed by atoms with Gasteiger partial charge in [-0.25, -0.2) is 0 Å². The molecule has 0 radical (unpaired) electrons. The number of carbonyl (C=O) groups is 3. The highest BCUT2D eigenvalue weighted by Gasteiger charge is 2.73. The topological polar surface area (TPSA) is 180 Å². The molecule has 0 aromatic heterocycles. The highest BCUT2D eigenvalue weighted by molar-refractivity contribution is 5.69. The van der Waals surface area contributed by atoms with Crippen molar-refractivity contribution < 1.29 is 54.1 Å². The number of aliphatic hydroxyl groups is 5. The fourth-order valence-electron chi connectivity index (χ4n) is 7.37.